The minimum absolute atomic E-state index is 0.0712. The predicted molar refractivity (Wildman–Crippen MR) is 95.8 cm³/mol. The van der Waals surface area contributed by atoms with E-state index in [1.165, 1.54) is 0 Å². The van der Waals surface area contributed by atoms with Gasteiger partial charge in [0.1, 0.15) is 6.23 Å². The molecule has 1 aromatic carbocycles. The first-order valence-corrected chi connectivity index (χ1v) is 9.39. The highest BCUT2D eigenvalue weighted by molar-refractivity contribution is 6.36. The van der Waals surface area contributed by atoms with Crippen molar-refractivity contribution in [2.24, 2.45) is 5.92 Å². The van der Waals surface area contributed by atoms with Gasteiger partial charge in [-0.25, -0.2) is 8.78 Å². The van der Waals surface area contributed by atoms with E-state index in [1.807, 2.05) is 16.7 Å². The number of nitrogens with one attached hydrogen (secondary N) is 1. The Balaban J connectivity index is 1.52. The quantitative estimate of drug-likeness (QED) is 0.827. The van der Waals surface area contributed by atoms with Crippen LogP contribution < -0.4 is 5.32 Å². The lowest BCUT2D eigenvalue weighted by Crippen LogP contribution is -2.33. The van der Waals surface area contributed by atoms with E-state index >= 15 is 0 Å². The number of amides is 1. The van der Waals surface area contributed by atoms with E-state index in [9.17, 15) is 13.6 Å². The number of carbonyl (C=O) groups is 1. The first-order valence-electron chi connectivity index (χ1n) is 9.01. The number of alkyl halides is 2. The van der Waals surface area contributed by atoms with Crippen molar-refractivity contribution in [3.63, 3.8) is 0 Å². The van der Waals surface area contributed by atoms with Gasteiger partial charge in [0.15, 0.2) is 0 Å². The fourth-order valence-corrected chi connectivity index (χ4v) is 4.03. The molecular formula is C19H21ClF2N2O2. The summed E-state index contributed by atoms with van der Waals surface area (Å²) in [6.07, 6.45) is 3.28. The highest BCUT2D eigenvalue weighted by Crippen LogP contribution is 2.36. The summed E-state index contributed by atoms with van der Waals surface area (Å²) in [7, 11) is 0. The molecule has 140 valence electrons. The molecule has 2 fully saturated rings. The topological polar surface area (TPSA) is 43.3 Å². The first-order chi connectivity index (χ1) is 12.4. The van der Waals surface area contributed by atoms with Gasteiger partial charge in [0.2, 0.25) is 5.92 Å². The molecule has 0 bridgehead atoms. The van der Waals surface area contributed by atoms with E-state index in [4.69, 9.17) is 16.3 Å². The summed E-state index contributed by atoms with van der Waals surface area (Å²) in [6.45, 7) is 1.12. The van der Waals surface area contributed by atoms with Gasteiger partial charge in [0.25, 0.3) is 5.91 Å². The summed E-state index contributed by atoms with van der Waals surface area (Å²) >= 11 is 6.35. The van der Waals surface area contributed by atoms with E-state index in [0.29, 0.717) is 42.0 Å². The molecular weight excluding hydrogens is 362 g/mol. The molecule has 2 aromatic rings. The van der Waals surface area contributed by atoms with Crippen molar-refractivity contribution in [2.45, 2.75) is 44.3 Å². The van der Waals surface area contributed by atoms with Gasteiger partial charge in [0.05, 0.1) is 22.7 Å². The van der Waals surface area contributed by atoms with Gasteiger partial charge in [0, 0.05) is 37.4 Å². The first kappa shape index (κ1) is 17.7. The molecule has 26 heavy (non-hydrogen) atoms. The average Bonchev–Trinajstić information content (AvgIpc) is 2.93. The lowest BCUT2D eigenvalue weighted by Gasteiger charge is -2.28. The zero-order valence-corrected chi connectivity index (χ0v) is 15.1. The Kier molecular flexibility index (Phi) is 4.65. The van der Waals surface area contributed by atoms with Crippen LogP contribution in [-0.4, -0.2) is 29.5 Å². The van der Waals surface area contributed by atoms with Crippen LogP contribution >= 0.6 is 11.6 Å². The Morgan fingerprint density at radius 1 is 1.31 bits per heavy atom. The molecule has 0 radical (unpaired) electrons. The summed E-state index contributed by atoms with van der Waals surface area (Å²) in [5.74, 6) is -2.68. The lowest BCUT2D eigenvalue weighted by atomic mass is 9.87. The van der Waals surface area contributed by atoms with Crippen molar-refractivity contribution in [1.82, 2.24) is 9.88 Å². The van der Waals surface area contributed by atoms with Crippen LogP contribution in [0.25, 0.3) is 10.9 Å². The zero-order valence-electron chi connectivity index (χ0n) is 14.3. The number of rotatable bonds is 4. The maximum absolute atomic E-state index is 13.3. The van der Waals surface area contributed by atoms with Crippen molar-refractivity contribution < 1.29 is 18.3 Å². The molecule has 1 aliphatic carbocycles. The minimum atomic E-state index is -2.55. The molecule has 1 saturated carbocycles. The number of hydrogen-bond donors (Lipinski definition) is 1. The molecule has 1 aliphatic heterocycles. The molecule has 1 atom stereocenters. The van der Waals surface area contributed by atoms with Crippen molar-refractivity contribution >= 4 is 28.4 Å². The Labute approximate surface area is 155 Å². The monoisotopic (exact) mass is 382 g/mol. The van der Waals surface area contributed by atoms with E-state index < -0.39 is 5.92 Å². The van der Waals surface area contributed by atoms with Crippen LogP contribution in [0, 0.1) is 5.92 Å². The van der Waals surface area contributed by atoms with Crippen molar-refractivity contribution in [2.75, 3.05) is 13.2 Å². The Morgan fingerprint density at radius 3 is 2.69 bits per heavy atom. The number of fused-ring (bicyclic) bond motifs is 1. The molecule has 1 unspecified atom stereocenters. The number of nitrogens with zero attached hydrogens (tertiary/aromatic N) is 1. The van der Waals surface area contributed by atoms with Crippen molar-refractivity contribution in [3.8, 4) is 0 Å². The number of aromatic nitrogens is 1. The lowest BCUT2D eigenvalue weighted by molar-refractivity contribution is -0.0968. The summed E-state index contributed by atoms with van der Waals surface area (Å²) < 4.78 is 34.0. The van der Waals surface area contributed by atoms with Gasteiger partial charge in [-0.15, -0.1) is 0 Å². The van der Waals surface area contributed by atoms with E-state index in [0.717, 1.165) is 11.9 Å². The Bertz CT molecular complexity index is 822. The maximum atomic E-state index is 13.3. The molecule has 1 aromatic heterocycles. The maximum Gasteiger partial charge on any atom is 0.253 e. The smallest absolute Gasteiger partial charge is 0.253 e. The fraction of sp³-hybridized carbons (Fsp3) is 0.526. The second kappa shape index (κ2) is 6.82. The number of carbonyl (C=O) groups excluding carboxylic acids is 1. The minimum Gasteiger partial charge on any atom is -0.358 e. The van der Waals surface area contributed by atoms with Gasteiger partial charge < -0.3 is 14.6 Å². The van der Waals surface area contributed by atoms with Gasteiger partial charge in [-0.2, -0.15) is 0 Å². The molecule has 4 rings (SSSR count). The van der Waals surface area contributed by atoms with Crippen LogP contribution in [0.5, 0.6) is 0 Å². The van der Waals surface area contributed by atoms with Gasteiger partial charge in [-0.05, 0) is 30.9 Å². The van der Waals surface area contributed by atoms with Crippen LogP contribution in [0.1, 0.15) is 48.7 Å². The van der Waals surface area contributed by atoms with Gasteiger partial charge in [-0.3, -0.25) is 4.79 Å². The molecule has 0 spiro atoms. The third-order valence-electron chi connectivity index (χ3n) is 5.43. The summed E-state index contributed by atoms with van der Waals surface area (Å²) in [6, 6.07) is 5.53. The van der Waals surface area contributed by atoms with Gasteiger partial charge in [-0.1, -0.05) is 17.7 Å². The fourth-order valence-electron chi connectivity index (χ4n) is 3.76. The van der Waals surface area contributed by atoms with E-state index in [2.05, 4.69) is 5.32 Å². The largest absolute Gasteiger partial charge is 0.358 e. The van der Waals surface area contributed by atoms with E-state index in [1.54, 1.807) is 12.3 Å². The second-order valence-electron chi connectivity index (χ2n) is 7.21. The average molecular weight is 383 g/mol. The number of benzene rings is 1. The Morgan fingerprint density at radius 2 is 2.04 bits per heavy atom. The Hall–Kier alpha value is -1.66. The molecule has 1 saturated heterocycles. The number of hydrogen-bond acceptors (Lipinski definition) is 2. The van der Waals surface area contributed by atoms with Crippen LogP contribution in [0.2, 0.25) is 5.02 Å². The van der Waals surface area contributed by atoms with Crippen LogP contribution in [0.3, 0.4) is 0 Å². The van der Waals surface area contributed by atoms with Crippen LogP contribution in [-0.2, 0) is 4.74 Å². The standard InChI is InChI=1S/C19H21ClF2N2O2/c20-14-2-1-3-15-17(14)13(11-24(15)16-6-9-26-16)18(25)23-10-12-4-7-19(21,22)8-5-12/h1-3,11-12,16H,4-10H2,(H,23,25). The molecule has 7 heteroatoms. The number of ether oxygens (including phenoxy) is 1. The highest BCUT2D eigenvalue weighted by atomic mass is 35.5. The SMILES string of the molecule is O=C(NCC1CCC(F)(F)CC1)c1cn(C2CCO2)c2cccc(Cl)c12. The summed E-state index contributed by atoms with van der Waals surface area (Å²) in [4.78, 5) is 12.8. The highest BCUT2D eigenvalue weighted by Gasteiger charge is 2.35. The second-order valence-corrected chi connectivity index (χ2v) is 7.61. The summed E-state index contributed by atoms with van der Waals surface area (Å²) in [5.41, 5.74) is 1.37. The molecule has 2 heterocycles. The molecule has 1 amide bonds. The van der Waals surface area contributed by atoms with Crippen molar-refractivity contribution in [1.29, 1.82) is 0 Å². The molecule has 4 nitrogen and oxygen atoms in total. The third kappa shape index (κ3) is 3.32. The third-order valence-corrected chi connectivity index (χ3v) is 5.74. The zero-order chi connectivity index (χ0) is 18.3. The van der Waals surface area contributed by atoms with Crippen LogP contribution in [0.15, 0.2) is 24.4 Å². The normalized spacial score (nSPS) is 23.0. The van der Waals surface area contributed by atoms with Crippen molar-refractivity contribution in [3.05, 3.63) is 35.0 Å². The van der Waals surface area contributed by atoms with Gasteiger partial charge >= 0.3 is 0 Å². The predicted octanol–water partition coefficient (Wildman–Crippen LogP) is 4.77. The van der Waals surface area contributed by atoms with Crippen LogP contribution in [0.4, 0.5) is 8.78 Å². The molecule has 1 N–H and O–H groups in total. The molecule has 2 aliphatic rings. The van der Waals surface area contributed by atoms with E-state index in [-0.39, 0.29) is 30.9 Å². The summed E-state index contributed by atoms with van der Waals surface area (Å²) in [5, 5.41) is 4.13. The number of halogens is 3.